The number of quaternary nitrogens is 1. The maximum absolute atomic E-state index is 11.6. The number of ether oxygens (including phenoxy) is 1. The van der Waals surface area contributed by atoms with Gasteiger partial charge in [-0.3, -0.25) is 14.9 Å². The van der Waals surface area contributed by atoms with Crippen molar-refractivity contribution in [2.45, 2.75) is 12.5 Å². The third kappa shape index (κ3) is 3.92. The van der Waals surface area contributed by atoms with E-state index in [9.17, 15) is 24.8 Å². The van der Waals surface area contributed by atoms with Gasteiger partial charge in [0.15, 0.2) is 0 Å². The van der Waals surface area contributed by atoms with Crippen LogP contribution in [0.3, 0.4) is 0 Å². The van der Waals surface area contributed by atoms with Gasteiger partial charge in [-0.2, -0.15) is 0 Å². The fourth-order valence-electron chi connectivity index (χ4n) is 1.41. The summed E-state index contributed by atoms with van der Waals surface area (Å²) in [6.45, 7) is 0. The second-order valence-corrected chi connectivity index (χ2v) is 3.91. The summed E-state index contributed by atoms with van der Waals surface area (Å²) in [5, 5.41) is 23.5. The van der Waals surface area contributed by atoms with Crippen molar-refractivity contribution < 1.29 is 30.1 Å². The van der Waals surface area contributed by atoms with E-state index in [1.165, 1.54) is 19.2 Å². The van der Waals surface area contributed by atoms with Crippen LogP contribution in [0, 0.1) is 10.1 Å². The normalized spacial score (nSPS) is 11.5. The Hall–Kier alpha value is -2.68. The predicted octanol–water partition coefficient (Wildman–Crippen LogP) is -1.71. The molecule has 20 heavy (non-hydrogen) atoms. The number of nitrogens with zero attached hydrogens (tertiary/aromatic N) is 1. The molecule has 1 aromatic carbocycles. The number of hydrogen-bond donors (Lipinski definition) is 2. The second-order valence-electron chi connectivity index (χ2n) is 3.91. The van der Waals surface area contributed by atoms with Gasteiger partial charge < -0.3 is 25.7 Å². The molecule has 0 aromatic heterocycles. The summed E-state index contributed by atoms with van der Waals surface area (Å²) in [6.07, 6.45) is -0.373. The molecule has 0 heterocycles. The van der Waals surface area contributed by atoms with Crippen LogP contribution in [0.4, 0.5) is 11.4 Å². The van der Waals surface area contributed by atoms with Gasteiger partial charge in [-0.1, -0.05) is 0 Å². The third-order valence-electron chi connectivity index (χ3n) is 2.44. The van der Waals surface area contributed by atoms with Crippen molar-refractivity contribution in [3.63, 3.8) is 0 Å². The summed E-state index contributed by atoms with van der Waals surface area (Å²) in [5.74, 6) is -1.95. The molecule has 0 aliphatic rings. The van der Waals surface area contributed by atoms with Gasteiger partial charge in [-0.15, -0.1) is 0 Å². The Morgan fingerprint density at radius 3 is 2.65 bits per heavy atom. The van der Waals surface area contributed by atoms with Crippen molar-refractivity contribution in [1.82, 2.24) is 0 Å². The first-order valence-corrected chi connectivity index (χ1v) is 5.51. The highest BCUT2D eigenvalue weighted by Gasteiger charge is 2.17. The van der Waals surface area contributed by atoms with Crippen molar-refractivity contribution in [3.8, 4) is 5.75 Å². The molecule has 1 rings (SSSR count). The number of carbonyl (C=O) groups excluding carboxylic acids is 2. The molecule has 1 atom stereocenters. The van der Waals surface area contributed by atoms with Gasteiger partial charge >= 0.3 is 0 Å². The van der Waals surface area contributed by atoms with Crippen LogP contribution >= 0.6 is 0 Å². The maximum Gasteiger partial charge on any atom is 0.273 e. The predicted molar refractivity (Wildman–Crippen MR) is 64.6 cm³/mol. The molecule has 0 saturated heterocycles. The Kier molecular flexibility index (Phi) is 4.98. The van der Waals surface area contributed by atoms with Crippen molar-refractivity contribution in [2.75, 3.05) is 12.4 Å². The smallest absolute Gasteiger partial charge is 0.273 e. The first kappa shape index (κ1) is 15.4. The molecule has 9 heteroatoms. The molecular formula is C11H13N3O6. The van der Waals surface area contributed by atoms with E-state index < -0.39 is 22.8 Å². The van der Waals surface area contributed by atoms with Crippen LogP contribution < -0.4 is 20.9 Å². The number of methoxy groups -OCH3 is 1. The number of anilines is 1. The number of nitro groups is 1. The van der Waals surface area contributed by atoms with Crippen LogP contribution in [0.2, 0.25) is 0 Å². The molecule has 0 aliphatic carbocycles. The van der Waals surface area contributed by atoms with Gasteiger partial charge in [-0.05, 0) is 6.07 Å². The lowest BCUT2D eigenvalue weighted by Crippen LogP contribution is -2.69. The van der Waals surface area contributed by atoms with Crippen molar-refractivity contribution >= 4 is 23.3 Å². The Balaban J connectivity index is 2.84. The van der Waals surface area contributed by atoms with Crippen LogP contribution in [-0.2, 0) is 9.59 Å². The lowest BCUT2D eigenvalue weighted by Gasteiger charge is -2.12. The van der Waals surface area contributed by atoms with Crippen LogP contribution in [0.5, 0.6) is 5.75 Å². The summed E-state index contributed by atoms with van der Waals surface area (Å²) in [4.78, 5) is 32.1. The summed E-state index contributed by atoms with van der Waals surface area (Å²) >= 11 is 0. The SMILES string of the molecule is COc1cc([N+](=O)[O-])ccc1NC(=O)C[C@H]([NH3+])C(=O)[O-]. The highest BCUT2D eigenvalue weighted by Crippen LogP contribution is 2.28. The van der Waals surface area contributed by atoms with Gasteiger partial charge in [0.2, 0.25) is 5.91 Å². The molecule has 1 amide bonds. The Morgan fingerprint density at radius 2 is 2.15 bits per heavy atom. The molecule has 0 bridgehead atoms. The van der Waals surface area contributed by atoms with Gasteiger partial charge in [0.25, 0.3) is 5.69 Å². The molecule has 0 fully saturated rings. The Labute approximate surface area is 113 Å². The van der Waals surface area contributed by atoms with E-state index in [4.69, 9.17) is 4.74 Å². The number of hydrogen-bond acceptors (Lipinski definition) is 6. The number of nitro benzene ring substituents is 1. The first-order valence-electron chi connectivity index (χ1n) is 5.51. The number of aliphatic carboxylic acids is 1. The number of rotatable bonds is 6. The lowest BCUT2D eigenvalue weighted by atomic mass is 10.2. The van der Waals surface area contributed by atoms with Gasteiger partial charge in [0.1, 0.15) is 11.8 Å². The Morgan fingerprint density at radius 1 is 1.50 bits per heavy atom. The van der Waals surface area contributed by atoms with Gasteiger partial charge in [-0.25, -0.2) is 0 Å². The zero-order valence-corrected chi connectivity index (χ0v) is 10.6. The average molecular weight is 283 g/mol. The van der Waals surface area contributed by atoms with E-state index in [1.807, 2.05) is 0 Å². The Bertz CT molecular complexity index is 545. The molecule has 4 N–H and O–H groups in total. The van der Waals surface area contributed by atoms with E-state index in [2.05, 4.69) is 11.1 Å². The van der Waals surface area contributed by atoms with E-state index in [-0.39, 0.29) is 23.5 Å². The largest absolute Gasteiger partial charge is 0.544 e. The summed E-state index contributed by atoms with van der Waals surface area (Å²) in [5.41, 5.74) is 3.27. The third-order valence-corrected chi connectivity index (χ3v) is 2.44. The van der Waals surface area contributed by atoms with E-state index in [0.29, 0.717) is 0 Å². The highest BCUT2D eigenvalue weighted by atomic mass is 16.6. The average Bonchev–Trinajstić information content (AvgIpc) is 2.38. The van der Waals surface area contributed by atoms with Gasteiger partial charge in [0.05, 0.1) is 36.2 Å². The minimum Gasteiger partial charge on any atom is -0.544 e. The molecule has 0 aliphatic heterocycles. The molecule has 108 valence electrons. The molecule has 0 saturated carbocycles. The highest BCUT2D eigenvalue weighted by molar-refractivity contribution is 5.94. The van der Waals surface area contributed by atoms with Crippen molar-refractivity contribution in [1.29, 1.82) is 0 Å². The van der Waals surface area contributed by atoms with Crippen LogP contribution in [-0.4, -0.2) is 30.0 Å². The molecule has 9 nitrogen and oxygen atoms in total. The van der Waals surface area contributed by atoms with Crippen molar-refractivity contribution in [3.05, 3.63) is 28.3 Å². The second kappa shape index (κ2) is 6.48. The number of carboxylic acid groups (broad SMARTS) is 1. The van der Waals surface area contributed by atoms with Gasteiger partial charge in [0, 0.05) is 6.07 Å². The maximum atomic E-state index is 11.6. The number of carboxylic acids is 1. The number of nitrogens with one attached hydrogen (secondary N) is 1. The van der Waals surface area contributed by atoms with E-state index in [1.54, 1.807) is 0 Å². The van der Waals surface area contributed by atoms with E-state index in [0.717, 1.165) is 6.07 Å². The topological polar surface area (TPSA) is 149 Å². The number of non-ortho nitro benzene ring substituents is 1. The fourth-order valence-corrected chi connectivity index (χ4v) is 1.41. The summed E-state index contributed by atoms with van der Waals surface area (Å²) in [6, 6.07) is 2.46. The van der Waals surface area contributed by atoms with Crippen LogP contribution in [0.15, 0.2) is 18.2 Å². The number of amides is 1. The number of carbonyl (C=O) groups is 2. The van der Waals surface area contributed by atoms with Crippen molar-refractivity contribution in [2.24, 2.45) is 0 Å². The molecule has 0 spiro atoms. The summed E-state index contributed by atoms with van der Waals surface area (Å²) in [7, 11) is 1.29. The fraction of sp³-hybridized carbons (Fsp3) is 0.273. The molecular weight excluding hydrogens is 270 g/mol. The quantitative estimate of drug-likeness (QED) is 0.469. The number of benzene rings is 1. The van der Waals surface area contributed by atoms with Crippen LogP contribution in [0.1, 0.15) is 6.42 Å². The minimum atomic E-state index is -1.43. The zero-order valence-electron chi connectivity index (χ0n) is 10.6. The summed E-state index contributed by atoms with van der Waals surface area (Å²) < 4.78 is 4.93. The zero-order chi connectivity index (χ0) is 15.3. The molecule has 0 unspecified atom stereocenters. The van der Waals surface area contributed by atoms with E-state index >= 15 is 0 Å². The molecule has 1 aromatic rings. The monoisotopic (exact) mass is 283 g/mol. The lowest BCUT2D eigenvalue weighted by molar-refractivity contribution is -0.436. The minimum absolute atomic E-state index is 0.0987. The van der Waals surface area contributed by atoms with Crippen LogP contribution in [0.25, 0.3) is 0 Å². The molecule has 0 radical (unpaired) electrons. The first-order chi connectivity index (χ1) is 9.35. The standard InChI is InChI=1S/C11H13N3O6/c1-20-9-4-6(14(18)19)2-3-8(9)13-10(15)5-7(12)11(16)17/h2-4,7H,5,12H2,1H3,(H,13,15)(H,16,17)/t7-/m0/s1.